The molecule has 86 valence electrons. The van der Waals surface area contributed by atoms with E-state index in [1.807, 2.05) is 6.07 Å². The Labute approximate surface area is 96.3 Å². The molecule has 1 aliphatic rings. The molecule has 2 nitrogen and oxygen atoms in total. The Kier molecular flexibility index (Phi) is 3.60. The van der Waals surface area contributed by atoms with Crippen molar-refractivity contribution in [3.8, 4) is 0 Å². The van der Waals surface area contributed by atoms with Crippen LogP contribution in [0.3, 0.4) is 0 Å². The van der Waals surface area contributed by atoms with E-state index in [4.69, 9.17) is 5.11 Å². The summed E-state index contributed by atoms with van der Waals surface area (Å²) >= 11 is 0. The van der Waals surface area contributed by atoms with Gasteiger partial charge in [0.25, 0.3) is 0 Å². The smallest absolute Gasteiger partial charge is 0.303 e. The summed E-state index contributed by atoms with van der Waals surface area (Å²) in [5.41, 5.74) is 1.41. The van der Waals surface area contributed by atoms with Crippen LogP contribution >= 0.6 is 0 Å². The molecule has 0 unspecified atom stereocenters. The molecule has 0 aliphatic heterocycles. The molecule has 0 atom stereocenters. The zero-order valence-corrected chi connectivity index (χ0v) is 9.43. The quantitative estimate of drug-likeness (QED) is 0.843. The Balaban J connectivity index is 1.88. The van der Waals surface area contributed by atoms with Crippen LogP contribution in [-0.4, -0.2) is 11.1 Å². The van der Waals surface area contributed by atoms with E-state index >= 15 is 0 Å². The van der Waals surface area contributed by atoms with Crippen LogP contribution < -0.4 is 0 Å². The largest absolute Gasteiger partial charge is 0.481 e. The van der Waals surface area contributed by atoms with E-state index in [0.29, 0.717) is 18.3 Å². The van der Waals surface area contributed by atoms with Gasteiger partial charge in [0, 0.05) is 6.42 Å². The SMILES string of the molecule is O=C(O)C[C@H]1CC[C@H](c2ccccc2)CC1. The second-order valence-electron chi connectivity index (χ2n) is 4.73. The molecule has 1 fully saturated rings. The van der Waals surface area contributed by atoms with Gasteiger partial charge in [-0.15, -0.1) is 0 Å². The first-order chi connectivity index (χ1) is 7.75. The molecule has 0 aromatic heterocycles. The second-order valence-corrected chi connectivity index (χ2v) is 4.73. The van der Waals surface area contributed by atoms with Gasteiger partial charge in [-0.2, -0.15) is 0 Å². The van der Waals surface area contributed by atoms with Crippen molar-refractivity contribution in [1.29, 1.82) is 0 Å². The van der Waals surface area contributed by atoms with Crippen LogP contribution in [0.2, 0.25) is 0 Å². The molecule has 2 heteroatoms. The van der Waals surface area contributed by atoms with Crippen molar-refractivity contribution in [3.63, 3.8) is 0 Å². The first-order valence-corrected chi connectivity index (χ1v) is 6.02. The molecule has 1 aromatic carbocycles. The number of aliphatic carboxylic acids is 1. The predicted molar refractivity (Wildman–Crippen MR) is 63.4 cm³/mol. The van der Waals surface area contributed by atoms with Crippen LogP contribution in [0.15, 0.2) is 30.3 Å². The standard InChI is InChI=1S/C14H18O2/c15-14(16)10-11-6-8-13(9-7-11)12-4-2-1-3-5-12/h1-5,11,13H,6-10H2,(H,15,16)/t11-,13-. The van der Waals surface area contributed by atoms with Crippen LogP contribution in [0.4, 0.5) is 0 Å². The molecular formula is C14H18O2. The van der Waals surface area contributed by atoms with Crippen molar-refractivity contribution < 1.29 is 9.90 Å². The summed E-state index contributed by atoms with van der Waals surface area (Å²) in [5, 5.41) is 8.75. The third kappa shape index (κ3) is 2.84. The Bertz CT molecular complexity index is 337. The second kappa shape index (κ2) is 5.15. The van der Waals surface area contributed by atoms with Gasteiger partial charge >= 0.3 is 5.97 Å². The van der Waals surface area contributed by atoms with Gasteiger partial charge in [0.1, 0.15) is 0 Å². The molecular weight excluding hydrogens is 200 g/mol. The summed E-state index contributed by atoms with van der Waals surface area (Å²) in [6.07, 6.45) is 4.75. The van der Waals surface area contributed by atoms with Crippen LogP contribution in [0, 0.1) is 5.92 Å². The highest BCUT2D eigenvalue weighted by atomic mass is 16.4. The average Bonchev–Trinajstić information content (AvgIpc) is 2.30. The van der Waals surface area contributed by atoms with Gasteiger partial charge in [-0.3, -0.25) is 4.79 Å². The maximum Gasteiger partial charge on any atom is 0.303 e. The molecule has 0 saturated heterocycles. The fourth-order valence-electron chi connectivity index (χ4n) is 2.67. The molecule has 1 aliphatic carbocycles. The predicted octanol–water partition coefficient (Wildman–Crippen LogP) is 3.44. The highest BCUT2D eigenvalue weighted by Gasteiger charge is 2.23. The summed E-state index contributed by atoms with van der Waals surface area (Å²) in [5.74, 6) is 0.395. The summed E-state index contributed by atoms with van der Waals surface area (Å²) in [6, 6.07) is 10.6. The van der Waals surface area contributed by atoms with Crippen LogP contribution in [-0.2, 0) is 4.79 Å². The molecule has 0 amide bonds. The highest BCUT2D eigenvalue weighted by molar-refractivity contribution is 5.67. The zero-order chi connectivity index (χ0) is 11.4. The van der Waals surface area contributed by atoms with Crippen molar-refractivity contribution in [3.05, 3.63) is 35.9 Å². The summed E-state index contributed by atoms with van der Waals surface area (Å²) in [7, 11) is 0. The monoisotopic (exact) mass is 218 g/mol. The molecule has 0 spiro atoms. The maximum absolute atomic E-state index is 10.6. The lowest BCUT2D eigenvalue weighted by atomic mass is 9.77. The lowest BCUT2D eigenvalue weighted by Gasteiger charge is -2.27. The Hall–Kier alpha value is -1.31. The van der Waals surface area contributed by atoms with Gasteiger partial charge in [-0.1, -0.05) is 30.3 Å². The van der Waals surface area contributed by atoms with E-state index < -0.39 is 5.97 Å². The van der Waals surface area contributed by atoms with Crippen molar-refractivity contribution >= 4 is 5.97 Å². The van der Waals surface area contributed by atoms with Crippen molar-refractivity contribution in [2.75, 3.05) is 0 Å². The minimum atomic E-state index is -0.650. The Morgan fingerprint density at radius 3 is 2.31 bits per heavy atom. The molecule has 1 N–H and O–H groups in total. The minimum absolute atomic E-state index is 0.349. The third-order valence-corrected chi connectivity index (χ3v) is 3.58. The van der Waals surface area contributed by atoms with Crippen LogP contribution in [0.1, 0.15) is 43.6 Å². The fraction of sp³-hybridized carbons (Fsp3) is 0.500. The average molecular weight is 218 g/mol. The summed E-state index contributed by atoms with van der Waals surface area (Å²) in [4.78, 5) is 10.6. The molecule has 0 heterocycles. The molecule has 16 heavy (non-hydrogen) atoms. The number of hydrogen-bond donors (Lipinski definition) is 1. The van der Waals surface area contributed by atoms with E-state index in [1.54, 1.807) is 0 Å². The van der Waals surface area contributed by atoms with Gasteiger partial charge in [0.15, 0.2) is 0 Å². The molecule has 1 saturated carbocycles. The summed E-state index contributed by atoms with van der Waals surface area (Å²) < 4.78 is 0. The number of benzene rings is 1. The van der Waals surface area contributed by atoms with Crippen molar-refractivity contribution in [1.82, 2.24) is 0 Å². The molecule has 2 rings (SSSR count). The normalized spacial score (nSPS) is 25.2. The number of carboxylic acid groups (broad SMARTS) is 1. The van der Waals surface area contributed by atoms with E-state index in [9.17, 15) is 4.79 Å². The van der Waals surface area contributed by atoms with Gasteiger partial charge < -0.3 is 5.11 Å². The van der Waals surface area contributed by atoms with Gasteiger partial charge in [-0.05, 0) is 43.1 Å². The first-order valence-electron chi connectivity index (χ1n) is 6.02. The zero-order valence-electron chi connectivity index (χ0n) is 9.43. The molecule has 0 radical (unpaired) electrons. The van der Waals surface area contributed by atoms with E-state index in [0.717, 1.165) is 25.7 Å². The first kappa shape index (κ1) is 11.2. The lowest BCUT2D eigenvalue weighted by molar-refractivity contribution is -0.138. The van der Waals surface area contributed by atoms with Crippen LogP contribution in [0.25, 0.3) is 0 Å². The maximum atomic E-state index is 10.6. The topological polar surface area (TPSA) is 37.3 Å². The fourth-order valence-corrected chi connectivity index (χ4v) is 2.67. The lowest BCUT2D eigenvalue weighted by Crippen LogP contribution is -2.16. The third-order valence-electron chi connectivity index (χ3n) is 3.58. The highest BCUT2D eigenvalue weighted by Crippen LogP contribution is 2.36. The van der Waals surface area contributed by atoms with Crippen molar-refractivity contribution in [2.45, 2.75) is 38.0 Å². The summed E-state index contributed by atoms with van der Waals surface area (Å²) in [6.45, 7) is 0. The molecule has 1 aromatic rings. The number of rotatable bonds is 3. The minimum Gasteiger partial charge on any atom is -0.481 e. The van der Waals surface area contributed by atoms with E-state index in [-0.39, 0.29) is 0 Å². The van der Waals surface area contributed by atoms with Crippen molar-refractivity contribution in [2.24, 2.45) is 5.92 Å². The number of carbonyl (C=O) groups is 1. The van der Waals surface area contributed by atoms with Crippen LogP contribution in [0.5, 0.6) is 0 Å². The van der Waals surface area contributed by atoms with E-state index in [1.165, 1.54) is 5.56 Å². The van der Waals surface area contributed by atoms with Gasteiger partial charge in [-0.25, -0.2) is 0 Å². The number of carboxylic acids is 1. The Morgan fingerprint density at radius 1 is 1.12 bits per heavy atom. The number of hydrogen-bond acceptors (Lipinski definition) is 1. The van der Waals surface area contributed by atoms with Gasteiger partial charge in [0.2, 0.25) is 0 Å². The molecule has 0 bridgehead atoms. The van der Waals surface area contributed by atoms with E-state index in [2.05, 4.69) is 24.3 Å². The Morgan fingerprint density at radius 2 is 1.75 bits per heavy atom. The van der Waals surface area contributed by atoms with Gasteiger partial charge in [0.05, 0.1) is 0 Å².